The van der Waals surface area contributed by atoms with Gasteiger partial charge in [0.1, 0.15) is 0 Å². The minimum Gasteiger partial charge on any atom is -0.374 e. The molecule has 2 heterocycles. The number of aryl methyl sites for hydroxylation is 1. The molecule has 122 valence electrons. The van der Waals surface area contributed by atoms with Crippen molar-refractivity contribution >= 4 is 17.4 Å². The summed E-state index contributed by atoms with van der Waals surface area (Å²) in [5.41, 5.74) is 4.03. The van der Waals surface area contributed by atoms with E-state index in [2.05, 4.69) is 22.4 Å². The van der Waals surface area contributed by atoms with Gasteiger partial charge in [-0.25, -0.2) is 9.78 Å². The third-order valence-corrected chi connectivity index (χ3v) is 4.91. The van der Waals surface area contributed by atoms with Crippen LogP contribution >= 0.6 is 11.3 Å². The molecule has 2 aromatic rings. The van der Waals surface area contributed by atoms with Gasteiger partial charge in [0, 0.05) is 24.4 Å². The lowest BCUT2D eigenvalue weighted by molar-refractivity contribution is -0.0133. The second kappa shape index (κ2) is 7.57. The first kappa shape index (κ1) is 16.0. The smallest absolute Gasteiger partial charge is 0.317 e. The maximum Gasteiger partial charge on any atom is 0.317 e. The predicted octanol–water partition coefficient (Wildman–Crippen LogP) is 2.60. The molecular weight excluding hydrogens is 310 g/mol. The van der Waals surface area contributed by atoms with Gasteiger partial charge in [-0.1, -0.05) is 30.3 Å². The summed E-state index contributed by atoms with van der Waals surface area (Å²) in [4.78, 5) is 19.5. The van der Waals surface area contributed by atoms with Crippen molar-refractivity contribution < 1.29 is 9.53 Å². The van der Waals surface area contributed by atoms with Gasteiger partial charge >= 0.3 is 6.03 Å². The number of nitrogens with one attached hydrogen (secondary N) is 1. The monoisotopic (exact) mass is 331 g/mol. The Kier molecular flexibility index (Phi) is 5.25. The Balaban J connectivity index is 1.51. The van der Waals surface area contributed by atoms with E-state index in [0.717, 1.165) is 17.0 Å². The zero-order valence-corrected chi connectivity index (χ0v) is 14.0. The number of morpholine rings is 1. The quantitative estimate of drug-likeness (QED) is 0.937. The van der Waals surface area contributed by atoms with Gasteiger partial charge in [0.2, 0.25) is 0 Å². The lowest BCUT2D eigenvalue weighted by Crippen LogP contribution is -2.50. The van der Waals surface area contributed by atoms with Crippen LogP contribution in [0.15, 0.2) is 35.8 Å². The van der Waals surface area contributed by atoms with Gasteiger partial charge in [-0.15, -0.1) is 11.3 Å². The van der Waals surface area contributed by atoms with Crippen LogP contribution in [0.4, 0.5) is 4.79 Å². The summed E-state index contributed by atoms with van der Waals surface area (Å²) in [5, 5.41) is 2.98. The molecule has 0 aliphatic carbocycles. The van der Waals surface area contributed by atoms with Crippen molar-refractivity contribution in [1.82, 2.24) is 15.2 Å². The standard InChI is InChI=1S/C17H21N3O2S/c1-13-16(23-12-19-13)10-18-17(21)20-7-8-22-15(11-20)9-14-5-3-2-4-6-14/h2-6,12,15H,7-11H2,1H3,(H,18,21). The summed E-state index contributed by atoms with van der Waals surface area (Å²) in [5.74, 6) is 0. The molecule has 0 saturated carbocycles. The van der Waals surface area contributed by atoms with E-state index >= 15 is 0 Å². The number of carbonyl (C=O) groups is 1. The second-order valence-corrected chi connectivity index (χ2v) is 6.59. The molecule has 0 radical (unpaired) electrons. The van der Waals surface area contributed by atoms with Crippen LogP contribution in [-0.4, -0.2) is 41.7 Å². The molecule has 1 aromatic carbocycles. The van der Waals surface area contributed by atoms with E-state index in [1.54, 1.807) is 16.8 Å². The Labute approximate surface area is 140 Å². The molecule has 1 aliphatic heterocycles. The molecule has 0 spiro atoms. The number of aromatic nitrogens is 1. The first-order valence-corrected chi connectivity index (χ1v) is 8.67. The SMILES string of the molecule is Cc1ncsc1CNC(=O)N1CCOC(Cc2ccccc2)C1. The van der Waals surface area contributed by atoms with Crippen LogP contribution in [0.1, 0.15) is 16.1 Å². The molecule has 3 rings (SSSR count). The highest BCUT2D eigenvalue weighted by Gasteiger charge is 2.24. The van der Waals surface area contributed by atoms with Crippen LogP contribution in [0, 0.1) is 6.92 Å². The van der Waals surface area contributed by atoms with Crippen LogP contribution in [-0.2, 0) is 17.7 Å². The molecule has 1 aromatic heterocycles. The van der Waals surface area contributed by atoms with E-state index in [0.29, 0.717) is 26.2 Å². The van der Waals surface area contributed by atoms with E-state index in [4.69, 9.17) is 4.74 Å². The van der Waals surface area contributed by atoms with Gasteiger partial charge in [0.05, 0.1) is 30.5 Å². The highest BCUT2D eigenvalue weighted by molar-refractivity contribution is 7.09. The molecule has 1 saturated heterocycles. The molecule has 1 unspecified atom stereocenters. The summed E-state index contributed by atoms with van der Waals surface area (Å²) in [7, 11) is 0. The molecule has 23 heavy (non-hydrogen) atoms. The van der Waals surface area contributed by atoms with Crippen LogP contribution in [0.25, 0.3) is 0 Å². The number of benzene rings is 1. The van der Waals surface area contributed by atoms with Gasteiger partial charge in [0.15, 0.2) is 0 Å². The van der Waals surface area contributed by atoms with Crippen molar-refractivity contribution in [1.29, 1.82) is 0 Å². The van der Waals surface area contributed by atoms with Crippen LogP contribution in [0.2, 0.25) is 0 Å². The van der Waals surface area contributed by atoms with Crippen molar-refractivity contribution in [2.45, 2.75) is 26.0 Å². The number of thiazole rings is 1. The van der Waals surface area contributed by atoms with Gasteiger partial charge in [0.25, 0.3) is 0 Å². The van der Waals surface area contributed by atoms with Crippen LogP contribution in [0.3, 0.4) is 0 Å². The third kappa shape index (κ3) is 4.30. The number of ether oxygens (including phenoxy) is 1. The summed E-state index contributed by atoms with van der Waals surface area (Å²) in [6, 6.07) is 10.2. The molecule has 6 heteroatoms. The average molecular weight is 331 g/mol. The predicted molar refractivity (Wildman–Crippen MR) is 90.5 cm³/mol. The van der Waals surface area contributed by atoms with E-state index in [1.807, 2.05) is 30.0 Å². The largest absolute Gasteiger partial charge is 0.374 e. The number of rotatable bonds is 4. The van der Waals surface area contributed by atoms with Gasteiger partial charge in [-0.2, -0.15) is 0 Å². The topological polar surface area (TPSA) is 54.5 Å². The fourth-order valence-corrected chi connectivity index (χ4v) is 3.38. The van der Waals surface area contributed by atoms with Crippen molar-refractivity contribution in [3.05, 3.63) is 52.0 Å². The molecule has 1 atom stereocenters. The van der Waals surface area contributed by atoms with Crippen molar-refractivity contribution in [2.24, 2.45) is 0 Å². The molecule has 2 amide bonds. The Morgan fingerprint density at radius 2 is 2.26 bits per heavy atom. The number of carbonyl (C=O) groups excluding carboxylic acids is 1. The second-order valence-electron chi connectivity index (χ2n) is 5.65. The van der Waals surface area contributed by atoms with Gasteiger partial charge < -0.3 is 15.0 Å². The van der Waals surface area contributed by atoms with E-state index in [-0.39, 0.29) is 12.1 Å². The van der Waals surface area contributed by atoms with Gasteiger partial charge in [-0.05, 0) is 12.5 Å². The number of nitrogens with zero attached hydrogens (tertiary/aromatic N) is 2. The Bertz CT molecular complexity index is 644. The number of amides is 2. The fourth-order valence-electron chi connectivity index (χ4n) is 2.67. The van der Waals surface area contributed by atoms with Crippen molar-refractivity contribution in [2.75, 3.05) is 19.7 Å². The lowest BCUT2D eigenvalue weighted by atomic mass is 10.1. The van der Waals surface area contributed by atoms with Crippen molar-refractivity contribution in [3.63, 3.8) is 0 Å². The third-order valence-electron chi connectivity index (χ3n) is 3.98. The van der Waals surface area contributed by atoms with E-state index in [1.165, 1.54) is 5.56 Å². The molecule has 0 bridgehead atoms. The van der Waals surface area contributed by atoms with Crippen LogP contribution in [0.5, 0.6) is 0 Å². The zero-order valence-electron chi connectivity index (χ0n) is 13.2. The summed E-state index contributed by atoms with van der Waals surface area (Å²) in [6.07, 6.45) is 0.889. The maximum absolute atomic E-state index is 12.3. The van der Waals surface area contributed by atoms with Gasteiger partial charge in [-0.3, -0.25) is 0 Å². The fraction of sp³-hybridized carbons (Fsp3) is 0.412. The highest BCUT2D eigenvalue weighted by Crippen LogP contribution is 2.14. The molecule has 5 nitrogen and oxygen atoms in total. The first-order valence-electron chi connectivity index (χ1n) is 7.79. The number of hydrogen-bond donors (Lipinski definition) is 1. The zero-order chi connectivity index (χ0) is 16.1. The van der Waals surface area contributed by atoms with E-state index < -0.39 is 0 Å². The minimum atomic E-state index is -0.0286. The Morgan fingerprint density at radius 3 is 3.00 bits per heavy atom. The molecule has 1 aliphatic rings. The normalized spacial score (nSPS) is 18.0. The average Bonchev–Trinajstić information content (AvgIpc) is 2.99. The summed E-state index contributed by atoms with van der Waals surface area (Å²) >= 11 is 1.57. The maximum atomic E-state index is 12.3. The number of hydrogen-bond acceptors (Lipinski definition) is 4. The highest BCUT2D eigenvalue weighted by atomic mass is 32.1. The summed E-state index contributed by atoms with van der Waals surface area (Å²) < 4.78 is 5.80. The first-order chi connectivity index (χ1) is 11.2. The minimum absolute atomic E-state index is 0.0286. The molecular formula is C17H21N3O2S. The summed E-state index contributed by atoms with van der Waals surface area (Å²) in [6.45, 7) is 4.35. The molecule has 1 N–H and O–H groups in total. The lowest BCUT2D eigenvalue weighted by Gasteiger charge is -2.33. The Morgan fingerprint density at radius 1 is 1.43 bits per heavy atom. The van der Waals surface area contributed by atoms with Crippen molar-refractivity contribution in [3.8, 4) is 0 Å². The van der Waals surface area contributed by atoms with E-state index in [9.17, 15) is 4.79 Å². The number of urea groups is 1. The van der Waals surface area contributed by atoms with Crippen LogP contribution < -0.4 is 5.32 Å². The molecule has 1 fully saturated rings. The Hall–Kier alpha value is -1.92.